The van der Waals surface area contributed by atoms with Gasteiger partial charge in [-0.1, -0.05) is 24.6 Å². The molecular formula is C23H29N3O3. The SMILES string of the molecule is CCN(CC(=O)N1CCn2cccc2C1c1ccccc1OC)C(=O)C1CCC1. The number of ether oxygens (including phenoxy) is 1. The van der Waals surface area contributed by atoms with Crippen molar-refractivity contribution >= 4 is 11.8 Å². The third-order valence-electron chi connectivity index (χ3n) is 6.27. The fourth-order valence-electron chi connectivity index (χ4n) is 4.38. The Morgan fingerprint density at radius 2 is 1.93 bits per heavy atom. The summed E-state index contributed by atoms with van der Waals surface area (Å²) in [5, 5.41) is 0. The molecule has 0 spiro atoms. The number of likely N-dealkylation sites (N-methyl/N-ethyl adjacent to an activating group) is 1. The van der Waals surface area contributed by atoms with Crippen LogP contribution in [0.25, 0.3) is 0 Å². The van der Waals surface area contributed by atoms with E-state index in [-0.39, 0.29) is 30.3 Å². The Morgan fingerprint density at radius 1 is 1.14 bits per heavy atom. The standard InChI is InChI=1S/C23H29N3O3/c1-3-24(23(28)17-8-6-9-17)16-21(27)26-15-14-25-13-7-11-19(25)22(26)18-10-4-5-12-20(18)29-2/h4-5,7,10-13,17,22H,3,6,8-9,14-16H2,1-2H3. The molecule has 2 amide bonds. The number of rotatable bonds is 6. The van der Waals surface area contributed by atoms with Gasteiger partial charge in [-0.25, -0.2) is 0 Å². The smallest absolute Gasteiger partial charge is 0.243 e. The van der Waals surface area contributed by atoms with Crippen molar-refractivity contribution in [1.82, 2.24) is 14.4 Å². The summed E-state index contributed by atoms with van der Waals surface area (Å²) in [7, 11) is 1.66. The van der Waals surface area contributed by atoms with Gasteiger partial charge < -0.3 is 19.1 Å². The molecule has 1 aromatic carbocycles. The van der Waals surface area contributed by atoms with Crippen LogP contribution in [0, 0.1) is 5.92 Å². The van der Waals surface area contributed by atoms with Gasteiger partial charge in [0.2, 0.25) is 11.8 Å². The van der Waals surface area contributed by atoms with E-state index < -0.39 is 0 Å². The topological polar surface area (TPSA) is 54.8 Å². The molecule has 6 nitrogen and oxygen atoms in total. The molecule has 2 aliphatic rings. The van der Waals surface area contributed by atoms with Crippen LogP contribution in [0.4, 0.5) is 0 Å². The van der Waals surface area contributed by atoms with Crippen LogP contribution in [-0.2, 0) is 16.1 Å². The fourth-order valence-corrected chi connectivity index (χ4v) is 4.38. The molecule has 0 radical (unpaired) electrons. The number of methoxy groups -OCH3 is 1. The lowest BCUT2D eigenvalue weighted by molar-refractivity contribution is -0.145. The molecule has 1 unspecified atom stereocenters. The lowest BCUT2D eigenvalue weighted by atomic mass is 9.84. The molecule has 4 rings (SSSR count). The van der Waals surface area contributed by atoms with E-state index in [1.54, 1.807) is 12.0 Å². The average molecular weight is 396 g/mol. The number of hydrogen-bond donors (Lipinski definition) is 0. The molecule has 2 heterocycles. The Hall–Kier alpha value is -2.76. The third-order valence-corrected chi connectivity index (χ3v) is 6.27. The van der Waals surface area contributed by atoms with Gasteiger partial charge in [-0.05, 0) is 38.0 Å². The van der Waals surface area contributed by atoms with Gasteiger partial charge in [-0.2, -0.15) is 0 Å². The minimum atomic E-state index is -0.222. The number of hydrogen-bond acceptors (Lipinski definition) is 3. The first-order valence-electron chi connectivity index (χ1n) is 10.5. The predicted molar refractivity (Wildman–Crippen MR) is 111 cm³/mol. The Labute approximate surface area is 172 Å². The highest BCUT2D eigenvalue weighted by Gasteiger charge is 2.36. The van der Waals surface area contributed by atoms with Crippen LogP contribution in [-0.4, -0.2) is 52.9 Å². The van der Waals surface area contributed by atoms with Gasteiger partial charge in [0.25, 0.3) is 0 Å². The van der Waals surface area contributed by atoms with Gasteiger partial charge in [0.05, 0.1) is 13.7 Å². The van der Waals surface area contributed by atoms with E-state index in [4.69, 9.17) is 4.74 Å². The number of para-hydroxylation sites is 1. The molecule has 1 fully saturated rings. The van der Waals surface area contributed by atoms with Crippen molar-refractivity contribution < 1.29 is 14.3 Å². The summed E-state index contributed by atoms with van der Waals surface area (Å²) in [6.07, 6.45) is 5.06. The fraction of sp³-hybridized carbons (Fsp3) is 0.478. The first-order chi connectivity index (χ1) is 14.1. The van der Waals surface area contributed by atoms with Crippen molar-refractivity contribution in [2.45, 2.75) is 38.8 Å². The molecule has 1 aromatic heterocycles. The molecule has 29 heavy (non-hydrogen) atoms. The molecule has 2 aromatic rings. The lowest BCUT2D eigenvalue weighted by Gasteiger charge is -2.39. The summed E-state index contributed by atoms with van der Waals surface area (Å²) in [4.78, 5) is 29.7. The number of carbonyl (C=O) groups excluding carboxylic acids is 2. The van der Waals surface area contributed by atoms with E-state index in [1.807, 2.05) is 42.2 Å². The molecule has 0 bridgehead atoms. The number of benzene rings is 1. The van der Waals surface area contributed by atoms with E-state index in [9.17, 15) is 9.59 Å². The Bertz CT molecular complexity index is 887. The third kappa shape index (κ3) is 3.63. The molecule has 0 saturated heterocycles. The summed E-state index contributed by atoms with van der Waals surface area (Å²) in [6.45, 7) is 4.01. The molecule has 1 aliphatic carbocycles. The highest BCUT2D eigenvalue weighted by atomic mass is 16.5. The normalized spacial score (nSPS) is 18.7. The lowest BCUT2D eigenvalue weighted by Crippen LogP contribution is -2.49. The highest BCUT2D eigenvalue weighted by molar-refractivity contribution is 5.87. The van der Waals surface area contributed by atoms with Crippen molar-refractivity contribution in [3.05, 3.63) is 53.9 Å². The van der Waals surface area contributed by atoms with Crippen molar-refractivity contribution in [3.8, 4) is 5.75 Å². The average Bonchev–Trinajstić information content (AvgIpc) is 3.18. The maximum absolute atomic E-state index is 13.4. The molecule has 154 valence electrons. The zero-order valence-electron chi connectivity index (χ0n) is 17.2. The summed E-state index contributed by atoms with van der Waals surface area (Å²) >= 11 is 0. The molecule has 6 heteroatoms. The molecular weight excluding hydrogens is 366 g/mol. The summed E-state index contributed by atoms with van der Waals surface area (Å²) in [5.41, 5.74) is 2.04. The van der Waals surface area contributed by atoms with Crippen LogP contribution in [0.1, 0.15) is 43.5 Å². The van der Waals surface area contributed by atoms with Gasteiger partial charge in [-0.15, -0.1) is 0 Å². The Kier molecular flexibility index (Phi) is 5.60. The number of fused-ring (bicyclic) bond motifs is 1. The first-order valence-corrected chi connectivity index (χ1v) is 10.5. The molecule has 1 saturated carbocycles. The van der Waals surface area contributed by atoms with E-state index in [0.29, 0.717) is 13.1 Å². The summed E-state index contributed by atoms with van der Waals surface area (Å²) < 4.78 is 7.79. The van der Waals surface area contributed by atoms with Gasteiger partial charge in [-0.3, -0.25) is 9.59 Å². The molecule has 1 aliphatic heterocycles. The second-order valence-electron chi connectivity index (χ2n) is 7.84. The van der Waals surface area contributed by atoms with Gasteiger partial charge in [0, 0.05) is 43.0 Å². The van der Waals surface area contributed by atoms with Gasteiger partial charge >= 0.3 is 0 Å². The number of amides is 2. The summed E-state index contributed by atoms with van der Waals surface area (Å²) in [5.74, 6) is 0.985. The number of aromatic nitrogens is 1. The second kappa shape index (κ2) is 8.31. The van der Waals surface area contributed by atoms with Crippen LogP contribution >= 0.6 is 0 Å². The maximum atomic E-state index is 13.4. The van der Waals surface area contributed by atoms with Crippen LogP contribution in [0.5, 0.6) is 5.75 Å². The maximum Gasteiger partial charge on any atom is 0.243 e. The summed E-state index contributed by atoms with van der Waals surface area (Å²) in [6, 6.07) is 11.7. The van der Waals surface area contributed by atoms with Crippen molar-refractivity contribution in [1.29, 1.82) is 0 Å². The number of nitrogens with zero attached hydrogens (tertiary/aromatic N) is 3. The second-order valence-corrected chi connectivity index (χ2v) is 7.84. The van der Waals surface area contributed by atoms with Gasteiger partial charge in [0.15, 0.2) is 0 Å². The largest absolute Gasteiger partial charge is 0.496 e. The van der Waals surface area contributed by atoms with E-state index >= 15 is 0 Å². The van der Waals surface area contributed by atoms with E-state index in [2.05, 4.69) is 16.8 Å². The minimum Gasteiger partial charge on any atom is -0.496 e. The Balaban J connectivity index is 1.62. The highest BCUT2D eigenvalue weighted by Crippen LogP contribution is 2.37. The Morgan fingerprint density at radius 3 is 2.62 bits per heavy atom. The van der Waals surface area contributed by atoms with Gasteiger partial charge in [0.1, 0.15) is 11.8 Å². The van der Waals surface area contributed by atoms with E-state index in [1.165, 1.54) is 0 Å². The molecule has 0 N–H and O–H groups in total. The molecule has 1 atom stereocenters. The number of carbonyl (C=O) groups is 2. The van der Waals surface area contributed by atoms with Crippen molar-refractivity contribution in [2.75, 3.05) is 26.7 Å². The van der Waals surface area contributed by atoms with E-state index in [0.717, 1.165) is 42.8 Å². The minimum absolute atomic E-state index is 0.0112. The monoisotopic (exact) mass is 395 g/mol. The van der Waals surface area contributed by atoms with Crippen LogP contribution < -0.4 is 4.74 Å². The first kappa shape index (κ1) is 19.6. The predicted octanol–water partition coefficient (Wildman–Crippen LogP) is 3.08. The van der Waals surface area contributed by atoms with Crippen LogP contribution in [0.3, 0.4) is 0 Å². The van der Waals surface area contributed by atoms with Crippen LogP contribution in [0.15, 0.2) is 42.6 Å². The zero-order valence-corrected chi connectivity index (χ0v) is 17.2. The quantitative estimate of drug-likeness (QED) is 0.755. The zero-order chi connectivity index (χ0) is 20.4. The van der Waals surface area contributed by atoms with Crippen molar-refractivity contribution in [3.63, 3.8) is 0 Å². The van der Waals surface area contributed by atoms with Crippen LogP contribution in [0.2, 0.25) is 0 Å². The van der Waals surface area contributed by atoms with Crippen molar-refractivity contribution in [2.24, 2.45) is 5.92 Å².